The van der Waals surface area contributed by atoms with E-state index >= 15 is 0 Å². The average molecular weight is 222 g/mol. The lowest BCUT2D eigenvalue weighted by Gasteiger charge is -2.07. The molecule has 0 fully saturated rings. The van der Waals surface area contributed by atoms with Crippen LogP contribution in [0, 0.1) is 17.1 Å². The van der Waals surface area contributed by atoms with Gasteiger partial charge < -0.3 is 10.5 Å². The number of carbonyl (C=O) groups excluding carboxylic acids is 1. The average Bonchev–Trinajstić information content (AvgIpc) is 2.31. The number of nitrogens with two attached hydrogens (primary N) is 1. The van der Waals surface area contributed by atoms with Gasteiger partial charge in [-0.15, -0.1) is 0 Å². The Labute approximate surface area is 92.4 Å². The second-order valence-corrected chi connectivity index (χ2v) is 3.18. The molecule has 16 heavy (non-hydrogen) atoms. The summed E-state index contributed by atoms with van der Waals surface area (Å²) in [5, 5.41) is 8.73. The minimum atomic E-state index is -0.558. The highest BCUT2D eigenvalue weighted by atomic mass is 19.1. The Morgan fingerprint density at radius 3 is 2.69 bits per heavy atom. The van der Waals surface area contributed by atoms with Crippen LogP contribution in [0.2, 0.25) is 0 Å². The Morgan fingerprint density at radius 1 is 1.56 bits per heavy atom. The Bertz CT molecular complexity index is 452. The minimum Gasteiger partial charge on any atom is -0.469 e. The van der Waals surface area contributed by atoms with Crippen LogP contribution in [0.3, 0.4) is 0 Å². The number of carbonyl (C=O) groups is 1. The van der Waals surface area contributed by atoms with E-state index < -0.39 is 11.8 Å². The van der Waals surface area contributed by atoms with E-state index in [1.54, 1.807) is 0 Å². The zero-order valence-electron chi connectivity index (χ0n) is 8.79. The predicted octanol–water partition coefficient (Wildman–Crippen LogP) is 0.872. The van der Waals surface area contributed by atoms with Gasteiger partial charge in [0.05, 0.1) is 25.2 Å². The molecule has 0 aliphatic rings. The first kappa shape index (κ1) is 12.1. The number of hydrogen-bond acceptors (Lipinski definition) is 4. The van der Waals surface area contributed by atoms with Gasteiger partial charge in [-0.25, -0.2) is 4.39 Å². The first-order valence-corrected chi connectivity index (χ1v) is 4.60. The quantitative estimate of drug-likeness (QED) is 0.770. The Balaban J connectivity index is 3.17. The van der Waals surface area contributed by atoms with E-state index in [0.717, 1.165) is 0 Å². The number of rotatable bonds is 3. The van der Waals surface area contributed by atoms with Crippen LogP contribution in [0.1, 0.15) is 16.7 Å². The summed E-state index contributed by atoms with van der Waals surface area (Å²) >= 11 is 0. The van der Waals surface area contributed by atoms with Gasteiger partial charge in [0.25, 0.3) is 0 Å². The van der Waals surface area contributed by atoms with E-state index in [0.29, 0.717) is 0 Å². The van der Waals surface area contributed by atoms with E-state index in [2.05, 4.69) is 4.74 Å². The molecule has 2 N–H and O–H groups in total. The van der Waals surface area contributed by atoms with Crippen molar-refractivity contribution in [3.8, 4) is 6.07 Å². The van der Waals surface area contributed by atoms with Crippen molar-refractivity contribution in [2.45, 2.75) is 13.0 Å². The standard InChI is InChI=1S/C11H11FN2O2/c1-16-10(15)4-8-2-7(5-13)3-9(6-14)11(8)12/h2-3H,4,6,14H2,1H3. The third kappa shape index (κ3) is 2.55. The molecule has 0 saturated heterocycles. The molecule has 1 aromatic carbocycles. The smallest absolute Gasteiger partial charge is 0.310 e. The second kappa shape index (κ2) is 5.24. The van der Waals surface area contributed by atoms with Crippen LogP contribution < -0.4 is 5.73 Å². The molecule has 0 bridgehead atoms. The Morgan fingerprint density at radius 2 is 2.19 bits per heavy atom. The highest BCUT2D eigenvalue weighted by Crippen LogP contribution is 2.16. The minimum absolute atomic E-state index is 0.0183. The van der Waals surface area contributed by atoms with Gasteiger partial charge in [-0.1, -0.05) is 0 Å². The van der Waals surface area contributed by atoms with Crippen molar-refractivity contribution in [2.75, 3.05) is 7.11 Å². The zero-order valence-corrected chi connectivity index (χ0v) is 8.79. The Kier molecular flexibility index (Phi) is 3.97. The SMILES string of the molecule is COC(=O)Cc1cc(C#N)cc(CN)c1F. The van der Waals surface area contributed by atoms with Gasteiger partial charge in [-0.2, -0.15) is 5.26 Å². The highest BCUT2D eigenvalue weighted by Gasteiger charge is 2.13. The van der Waals surface area contributed by atoms with Crippen molar-refractivity contribution in [3.05, 3.63) is 34.6 Å². The molecule has 5 heteroatoms. The fraction of sp³-hybridized carbons (Fsp3) is 0.273. The third-order valence-electron chi connectivity index (χ3n) is 2.13. The van der Waals surface area contributed by atoms with Gasteiger partial charge in [-0.05, 0) is 12.1 Å². The number of benzene rings is 1. The monoisotopic (exact) mass is 222 g/mol. The van der Waals surface area contributed by atoms with Crippen LogP contribution in [-0.4, -0.2) is 13.1 Å². The molecule has 0 aliphatic carbocycles. The number of nitrogens with zero attached hydrogens (tertiary/aromatic N) is 1. The molecule has 0 saturated carbocycles. The number of esters is 1. The summed E-state index contributed by atoms with van der Waals surface area (Å²) in [6, 6.07) is 4.58. The zero-order chi connectivity index (χ0) is 12.1. The summed E-state index contributed by atoms with van der Waals surface area (Å²) in [7, 11) is 1.22. The molecular formula is C11H11FN2O2. The fourth-order valence-electron chi connectivity index (χ4n) is 1.32. The predicted molar refractivity (Wildman–Crippen MR) is 54.7 cm³/mol. The number of nitriles is 1. The summed E-state index contributed by atoms with van der Waals surface area (Å²) in [5.41, 5.74) is 5.97. The maximum absolute atomic E-state index is 13.7. The first-order chi connectivity index (χ1) is 7.62. The lowest BCUT2D eigenvalue weighted by molar-refractivity contribution is -0.139. The summed E-state index contributed by atoms with van der Waals surface area (Å²) in [6.07, 6.45) is -0.204. The molecule has 4 nitrogen and oxygen atoms in total. The van der Waals surface area contributed by atoms with Gasteiger partial charge in [0, 0.05) is 17.7 Å². The van der Waals surface area contributed by atoms with Crippen molar-refractivity contribution in [1.82, 2.24) is 0 Å². The summed E-state index contributed by atoms with van der Waals surface area (Å²) < 4.78 is 18.1. The van der Waals surface area contributed by atoms with Gasteiger partial charge in [0.2, 0.25) is 0 Å². The molecule has 0 aromatic heterocycles. The molecule has 0 unspecified atom stereocenters. The maximum Gasteiger partial charge on any atom is 0.310 e. The molecule has 0 spiro atoms. The number of methoxy groups -OCH3 is 1. The summed E-state index contributed by atoms with van der Waals surface area (Å²) in [6.45, 7) is -0.0183. The van der Waals surface area contributed by atoms with Crippen LogP contribution in [-0.2, 0) is 22.5 Å². The molecule has 0 amide bonds. The van der Waals surface area contributed by atoms with Crippen molar-refractivity contribution in [2.24, 2.45) is 5.73 Å². The topological polar surface area (TPSA) is 76.1 Å². The van der Waals surface area contributed by atoms with Crippen LogP contribution >= 0.6 is 0 Å². The van der Waals surface area contributed by atoms with Crippen LogP contribution in [0.25, 0.3) is 0 Å². The van der Waals surface area contributed by atoms with Gasteiger partial charge in [-0.3, -0.25) is 4.79 Å². The van der Waals surface area contributed by atoms with E-state index in [-0.39, 0.29) is 29.7 Å². The third-order valence-corrected chi connectivity index (χ3v) is 2.13. The van der Waals surface area contributed by atoms with E-state index in [1.165, 1.54) is 19.2 Å². The van der Waals surface area contributed by atoms with Crippen molar-refractivity contribution in [1.29, 1.82) is 5.26 Å². The normalized spacial score (nSPS) is 9.62. The molecule has 0 radical (unpaired) electrons. The number of hydrogen-bond donors (Lipinski definition) is 1. The van der Waals surface area contributed by atoms with Gasteiger partial charge in [0.15, 0.2) is 0 Å². The molecule has 84 valence electrons. The van der Waals surface area contributed by atoms with Crippen molar-refractivity contribution >= 4 is 5.97 Å². The second-order valence-electron chi connectivity index (χ2n) is 3.18. The Hall–Kier alpha value is -1.93. The van der Waals surface area contributed by atoms with Gasteiger partial charge in [0.1, 0.15) is 5.82 Å². The first-order valence-electron chi connectivity index (χ1n) is 4.60. The molecule has 0 atom stereocenters. The highest BCUT2D eigenvalue weighted by molar-refractivity contribution is 5.72. The fourth-order valence-corrected chi connectivity index (χ4v) is 1.32. The van der Waals surface area contributed by atoms with Gasteiger partial charge >= 0.3 is 5.97 Å². The van der Waals surface area contributed by atoms with Crippen LogP contribution in [0.15, 0.2) is 12.1 Å². The molecule has 1 rings (SSSR count). The van der Waals surface area contributed by atoms with Crippen molar-refractivity contribution < 1.29 is 13.9 Å². The van der Waals surface area contributed by atoms with Crippen LogP contribution in [0.5, 0.6) is 0 Å². The molecule has 0 heterocycles. The number of ether oxygens (including phenoxy) is 1. The lowest BCUT2D eigenvalue weighted by atomic mass is 10.0. The molecule has 1 aromatic rings. The van der Waals surface area contributed by atoms with E-state index in [9.17, 15) is 9.18 Å². The van der Waals surface area contributed by atoms with E-state index in [1.807, 2.05) is 6.07 Å². The molecule has 0 aliphatic heterocycles. The van der Waals surface area contributed by atoms with Crippen molar-refractivity contribution in [3.63, 3.8) is 0 Å². The maximum atomic E-state index is 13.7. The lowest BCUT2D eigenvalue weighted by Crippen LogP contribution is -2.10. The largest absolute Gasteiger partial charge is 0.469 e. The van der Waals surface area contributed by atoms with E-state index in [4.69, 9.17) is 11.0 Å². The summed E-state index contributed by atoms with van der Waals surface area (Å²) in [4.78, 5) is 11.0. The summed E-state index contributed by atoms with van der Waals surface area (Å²) in [5.74, 6) is -1.11. The van der Waals surface area contributed by atoms with Crippen LogP contribution in [0.4, 0.5) is 4.39 Å². The number of halogens is 1. The molecular weight excluding hydrogens is 211 g/mol.